The maximum atomic E-state index is 11.0. The summed E-state index contributed by atoms with van der Waals surface area (Å²) < 4.78 is 5.36. The number of carboxylic acids is 1. The third-order valence-electron chi connectivity index (χ3n) is 3.30. The van der Waals surface area contributed by atoms with Crippen LogP contribution in [0.5, 0.6) is 0 Å². The summed E-state index contributed by atoms with van der Waals surface area (Å²) in [6.45, 7) is 3.63. The van der Waals surface area contributed by atoms with Crippen molar-refractivity contribution >= 4 is 5.97 Å². The second kappa shape index (κ2) is 4.70. The van der Waals surface area contributed by atoms with Crippen molar-refractivity contribution in [3.63, 3.8) is 0 Å². The Bertz CT molecular complexity index is 347. The standard InChI is InChI=1S/C12H17NO3/c1-9(11-5-3-7-16-11)13-6-2-4-10(8-13)12(14)15/h3,5,7,9-10H,2,4,6,8H2,1H3,(H,14,15)/t9-,10+/m0/s1. The summed E-state index contributed by atoms with van der Waals surface area (Å²) in [6.07, 6.45) is 3.39. The molecule has 0 aliphatic carbocycles. The van der Waals surface area contributed by atoms with E-state index in [1.54, 1.807) is 6.26 Å². The highest BCUT2D eigenvalue weighted by atomic mass is 16.4. The van der Waals surface area contributed by atoms with Gasteiger partial charge in [-0.05, 0) is 38.4 Å². The summed E-state index contributed by atoms with van der Waals surface area (Å²) in [5, 5.41) is 9.02. The van der Waals surface area contributed by atoms with Gasteiger partial charge in [0.15, 0.2) is 0 Å². The molecule has 0 amide bonds. The van der Waals surface area contributed by atoms with Gasteiger partial charge >= 0.3 is 5.97 Å². The second-order valence-corrected chi connectivity index (χ2v) is 4.36. The molecule has 0 aromatic carbocycles. The lowest BCUT2D eigenvalue weighted by atomic mass is 9.97. The molecule has 1 aromatic heterocycles. The molecule has 4 heteroatoms. The largest absolute Gasteiger partial charge is 0.481 e. The topological polar surface area (TPSA) is 53.7 Å². The molecule has 1 aromatic rings. The van der Waals surface area contributed by atoms with Crippen LogP contribution in [0.25, 0.3) is 0 Å². The van der Waals surface area contributed by atoms with Gasteiger partial charge in [-0.3, -0.25) is 9.69 Å². The molecular weight excluding hydrogens is 206 g/mol. The first kappa shape index (κ1) is 11.2. The number of likely N-dealkylation sites (tertiary alicyclic amines) is 1. The fraction of sp³-hybridized carbons (Fsp3) is 0.583. The number of hydrogen-bond acceptors (Lipinski definition) is 3. The van der Waals surface area contributed by atoms with Crippen LogP contribution in [-0.2, 0) is 4.79 Å². The first-order chi connectivity index (χ1) is 7.68. The molecule has 0 spiro atoms. The number of carboxylic acid groups (broad SMARTS) is 1. The molecule has 0 unspecified atom stereocenters. The highest BCUT2D eigenvalue weighted by Gasteiger charge is 2.29. The number of nitrogens with zero attached hydrogens (tertiary/aromatic N) is 1. The van der Waals surface area contributed by atoms with Crippen molar-refractivity contribution in [2.45, 2.75) is 25.8 Å². The maximum absolute atomic E-state index is 11.0. The Morgan fingerprint density at radius 3 is 3.12 bits per heavy atom. The Balaban J connectivity index is 2.01. The molecule has 0 bridgehead atoms. The third kappa shape index (κ3) is 2.27. The lowest BCUT2D eigenvalue weighted by molar-refractivity contribution is -0.144. The Hall–Kier alpha value is -1.29. The van der Waals surface area contributed by atoms with Crippen molar-refractivity contribution in [3.8, 4) is 0 Å². The van der Waals surface area contributed by atoms with Crippen LogP contribution in [0.1, 0.15) is 31.6 Å². The van der Waals surface area contributed by atoms with E-state index in [1.165, 1.54) is 0 Å². The van der Waals surface area contributed by atoms with Crippen molar-refractivity contribution in [2.24, 2.45) is 5.92 Å². The minimum absolute atomic E-state index is 0.164. The van der Waals surface area contributed by atoms with Crippen molar-refractivity contribution in [3.05, 3.63) is 24.2 Å². The van der Waals surface area contributed by atoms with Crippen molar-refractivity contribution in [2.75, 3.05) is 13.1 Å². The first-order valence-electron chi connectivity index (χ1n) is 5.68. The Morgan fingerprint density at radius 2 is 2.50 bits per heavy atom. The van der Waals surface area contributed by atoms with E-state index in [0.29, 0.717) is 6.54 Å². The summed E-state index contributed by atoms with van der Waals surface area (Å²) in [4.78, 5) is 13.1. The first-order valence-corrected chi connectivity index (χ1v) is 5.68. The third-order valence-corrected chi connectivity index (χ3v) is 3.30. The Kier molecular flexibility index (Phi) is 3.29. The minimum Gasteiger partial charge on any atom is -0.481 e. The predicted molar refractivity (Wildman–Crippen MR) is 59.1 cm³/mol. The predicted octanol–water partition coefficient (Wildman–Crippen LogP) is 2.14. The van der Waals surface area contributed by atoms with Crippen LogP contribution in [0.4, 0.5) is 0 Å². The van der Waals surface area contributed by atoms with E-state index in [2.05, 4.69) is 11.8 Å². The van der Waals surface area contributed by atoms with E-state index in [0.717, 1.165) is 25.1 Å². The van der Waals surface area contributed by atoms with Gasteiger partial charge in [0.1, 0.15) is 5.76 Å². The second-order valence-electron chi connectivity index (χ2n) is 4.36. The van der Waals surface area contributed by atoms with Crippen LogP contribution < -0.4 is 0 Å². The monoisotopic (exact) mass is 223 g/mol. The molecular formula is C12H17NO3. The van der Waals surface area contributed by atoms with Crippen molar-refractivity contribution in [1.29, 1.82) is 0 Å². The molecule has 1 saturated heterocycles. The zero-order chi connectivity index (χ0) is 11.5. The average molecular weight is 223 g/mol. The Labute approximate surface area is 94.9 Å². The van der Waals surface area contributed by atoms with Crippen molar-refractivity contribution < 1.29 is 14.3 Å². The van der Waals surface area contributed by atoms with Crippen LogP contribution >= 0.6 is 0 Å². The van der Waals surface area contributed by atoms with E-state index in [1.807, 2.05) is 12.1 Å². The van der Waals surface area contributed by atoms with Gasteiger partial charge < -0.3 is 9.52 Å². The Morgan fingerprint density at radius 1 is 1.69 bits per heavy atom. The minimum atomic E-state index is -0.684. The number of aliphatic carboxylic acids is 1. The highest BCUT2D eigenvalue weighted by Crippen LogP contribution is 2.26. The van der Waals surface area contributed by atoms with E-state index in [4.69, 9.17) is 9.52 Å². The lowest BCUT2D eigenvalue weighted by Crippen LogP contribution is -2.39. The number of piperidine rings is 1. The molecule has 2 rings (SSSR count). The molecule has 0 saturated carbocycles. The molecule has 16 heavy (non-hydrogen) atoms. The molecule has 1 aliphatic heterocycles. The van der Waals surface area contributed by atoms with Crippen molar-refractivity contribution in [1.82, 2.24) is 4.90 Å². The van der Waals surface area contributed by atoms with Gasteiger partial charge in [-0.15, -0.1) is 0 Å². The molecule has 88 valence electrons. The van der Waals surface area contributed by atoms with Gasteiger partial charge in [-0.2, -0.15) is 0 Å². The number of furan rings is 1. The summed E-state index contributed by atoms with van der Waals surface area (Å²) >= 11 is 0. The fourth-order valence-corrected chi connectivity index (χ4v) is 2.27. The van der Waals surface area contributed by atoms with E-state index < -0.39 is 5.97 Å². The van der Waals surface area contributed by atoms with Gasteiger partial charge in [0.05, 0.1) is 18.2 Å². The van der Waals surface area contributed by atoms with Crippen LogP contribution in [0.15, 0.2) is 22.8 Å². The summed E-state index contributed by atoms with van der Waals surface area (Å²) in [6, 6.07) is 3.97. The summed E-state index contributed by atoms with van der Waals surface area (Å²) in [5.41, 5.74) is 0. The summed E-state index contributed by atoms with van der Waals surface area (Å²) in [5.74, 6) is -0.00598. The molecule has 1 N–H and O–H groups in total. The maximum Gasteiger partial charge on any atom is 0.307 e. The lowest BCUT2D eigenvalue weighted by Gasteiger charge is -2.34. The van der Waals surface area contributed by atoms with Crippen LogP contribution in [-0.4, -0.2) is 29.1 Å². The fourth-order valence-electron chi connectivity index (χ4n) is 2.27. The van der Waals surface area contributed by atoms with Crippen LogP contribution in [0.3, 0.4) is 0 Å². The summed E-state index contributed by atoms with van der Waals surface area (Å²) in [7, 11) is 0. The van der Waals surface area contributed by atoms with E-state index >= 15 is 0 Å². The van der Waals surface area contributed by atoms with E-state index in [9.17, 15) is 4.79 Å². The zero-order valence-corrected chi connectivity index (χ0v) is 9.43. The molecule has 2 atom stereocenters. The quantitative estimate of drug-likeness (QED) is 0.853. The molecule has 4 nitrogen and oxygen atoms in total. The van der Waals surface area contributed by atoms with Crippen LogP contribution in [0.2, 0.25) is 0 Å². The number of carbonyl (C=O) groups is 1. The van der Waals surface area contributed by atoms with E-state index in [-0.39, 0.29) is 12.0 Å². The smallest absolute Gasteiger partial charge is 0.307 e. The molecule has 1 aliphatic rings. The zero-order valence-electron chi connectivity index (χ0n) is 9.43. The van der Waals surface area contributed by atoms with Gasteiger partial charge in [0, 0.05) is 6.54 Å². The van der Waals surface area contributed by atoms with Gasteiger partial charge in [0.2, 0.25) is 0 Å². The SMILES string of the molecule is C[C@@H](c1ccco1)N1CCC[C@@H](C(=O)O)C1. The molecule has 1 fully saturated rings. The molecule has 0 radical (unpaired) electrons. The van der Waals surface area contributed by atoms with Gasteiger partial charge in [-0.25, -0.2) is 0 Å². The van der Waals surface area contributed by atoms with Crippen LogP contribution in [0, 0.1) is 5.92 Å². The number of hydrogen-bond donors (Lipinski definition) is 1. The van der Waals surface area contributed by atoms with Gasteiger partial charge in [-0.1, -0.05) is 0 Å². The normalized spacial score (nSPS) is 24.2. The number of rotatable bonds is 3. The highest BCUT2D eigenvalue weighted by molar-refractivity contribution is 5.70. The van der Waals surface area contributed by atoms with Gasteiger partial charge in [0.25, 0.3) is 0 Å². The molecule has 2 heterocycles. The average Bonchev–Trinajstić information content (AvgIpc) is 2.81.